The number of nitro benzene ring substituents is 1. The molecule has 7 heteroatoms. The van der Waals surface area contributed by atoms with Gasteiger partial charge >= 0.3 is 5.97 Å². The van der Waals surface area contributed by atoms with E-state index in [2.05, 4.69) is 4.98 Å². The van der Waals surface area contributed by atoms with Gasteiger partial charge in [-0.25, -0.2) is 4.79 Å². The van der Waals surface area contributed by atoms with Crippen molar-refractivity contribution in [3.8, 4) is 0 Å². The molecule has 0 unspecified atom stereocenters. The van der Waals surface area contributed by atoms with Gasteiger partial charge < -0.3 is 4.74 Å². The zero-order valence-electron chi connectivity index (χ0n) is 14.0. The minimum absolute atomic E-state index is 0.120. The van der Waals surface area contributed by atoms with Crippen LogP contribution in [0.25, 0.3) is 0 Å². The first-order valence-corrected chi connectivity index (χ1v) is 8.01. The second-order valence-corrected chi connectivity index (χ2v) is 5.60. The Labute approximate surface area is 154 Å². The molecule has 1 heterocycles. The van der Waals surface area contributed by atoms with Crippen molar-refractivity contribution in [2.45, 2.75) is 6.10 Å². The van der Waals surface area contributed by atoms with Gasteiger partial charge in [-0.1, -0.05) is 30.3 Å². The van der Waals surface area contributed by atoms with Gasteiger partial charge in [-0.3, -0.25) is 19.9 Å². The number of aromatic nitrogens is 1. The summed E-state index contributed by atoms with van der Waals surface area (Å²) in [5.74, 6) is -1.11. The van der Waals surface area contributed by atoms with Gasteiger partial charge in [0.1, 0.15) is 0 Å². The number of carbonyl (C=O) groups is 2. The second-order valence-electron chi connectivity index (χ2n) is 5.60. The van der Waals surface area contributed by atoms with E-state index in [0.717, 1.165) is 0 Å². The summed E-state index contributed by atoms with van der Waals surface area (Å²) in [4.78, 5) is 39.5. The molecule has 0 fully saturated rings. The number of nitro groups is 1. The topological polar surface area (TPSA) is 99.4 Å². The van der Waals surface area contributed by atoms with Gasteiger partial charge in [-0.05, 0) is 24.3 Å². The molecule has 0 bridgehead atoms. The number of Topliss-reactive ketones (excluding diaryl/α,β-unsaturated/α-hetero) is 1. The third-order valence-corrected chi connectivity index (χ3v) is 3.84. The Balaban J connectivity index is 1.94. The summed E-state index contributed by atoms with van der Waals surface area (Å²) < 4.78 is 5.45. The van der Waals surface area contributed by atoms with Crippen molar-refractivity contribution in [1.82, 2.24) is 4.98 Å². The summed E-state index contributed by atoms with van der Waals surface area (Å²) in [5, 5.41) is 10.8. The van der Waals surface area contributed by atoms with Crippen LogP contribution in [0.4, 0.5) is 5.69 Å². The van der Waals surface area contributed by atoms with E-state index in [9.17, 15) is 19.7 Å². The molecule has 2 aromatic carbocycles. The molecule has 3 rings (SSSR count). The number of pyridine rings is 1. The van der Waals surface area contributed by atoms with Crippen molar-refractivity contribution in [2.24, 2.45) is 0 Å². The third-order valence-electron chi connectivity index (χ3n) is 3.84. The molecule has 1 aromatic heterocycles. The molecular weight excluding hydrogens is 348 g/mol. The molecule has 7 nitrogen and oxygen atoms in total. The van der Waals surface area contributed by atoms with E-state index in [1.165, 1.54) is 48.8 Å². The lowest BCUT2D eigenvalue weighted by molar-refractivity contribution is -0.384. The summed E-state index contributed by atoms with van der Waals surface area (Å²) >= 11 is 0. The molecule has 0 N–H and O–H groups in total. The van der Waals surface area contributed by atoms with Crippen LogP contribution in [-0.4, -0.2) is 21.7 Å². The van der Waals surface area contributed by atoms with Crippen molar-refractivity contribution >= 4 is 17.4 Å². The number of nitrogens with zero attached hydrogens (tertiary/aromatic N) is 2. The lowest BCUT2D eigenvalue weighted by Gasteiger charge is -2.17. The lowest BCUT2D eigenvalue weighted by Crippen LogP contribution is -2.20. The summed E-state index contributed by atoms with van der Waals surface area (Å²) in [6.07, 6.45) is 1.65. The number of ketones is 1. The highest BCUT2D eigenvalue weighted by molar-refractivity contribution is 6.02. The van der Waals surface area contributed by atoms with E-state index in [0.29, 0.717) is 11.1 Å². The number of ether oxygens (including phenoxy) is 1. The van der Waals surface area contributed by atoms with Crippen molar-refractivity contribution in [3.63, 3.8) is 0 Å². The van der Waals surface area contributed by atoms with E-state index in [1.54, 1.807) is 30.3 Å². The van der Waals surface area contributed by atoms with Crippen LogP contribution in [0, 0.1) is 10.1 Å². The molecule has 0 amide bonds. The minimum Gasteiger partial charge on any atom is -0.445 e. The molecule has 0 radical (unpaired) electrons. The Hall–Kier alpha value is -3.87. The Morgan fingerprint density at radius 3 is 2.11 bits per heavy atom. The van der Waals surface area contributed by atoms with Gasteiger partial charge in [0.15, 0.2) is 6.10 Å². The van der Waals surface area contributed by atoms with Crippen molar-refractivity contribution in [2.75, 3.05) is 0 Å². The highest BCUT2D eigenvalue weighted by Gasteiger charge is 2.27. The Morgan fingerprint density at radius 1 is 0.889 bits per heavy atom. The zero-order valence-corrected chi connectivity index (χ0v) is 14.0. The standard InChI is InChI=1S/C20H14N2O5/c23-18(14-4-2-1-3-5-14)19(15-6-8-17(9-7-15)22(25)26)27-20(24)16-10-12-21-13-11-16/h1-13,19H/t19-/m0/s1. The fourth-order valence-corrected chi connectivity index (χ4v) is 2.46. The molecular formula is C20H14N2O5. The Morgan fingerprint density at radius 2 is 1.52 bits per heavy atom. The van der Waals surface area contributed by atoms with Gasteiger partial charge in [-0.15, -0.1) is 0 Å². The van der Waals surface area contributed by atoms with Gasteiger partial charge in [-0.2, -0.15) is 0 Å². The quantitative estimate of drug-likeness (QED) is 0.286. The Bertz CT molecular complexity index is 957. The average Bonchev–Trinajstić information content (AvgIpc) is 2.72. The molecule has 27 heavy (non-hydrogen) atoms. The van der Waals surface area contributed by atoms with Crippen LogP contribution in [0.3, 0.4) is 0 Å². The number of rotatable bonds is 6. The second kappa shape index (κ2) is 8.01. The summed E-state index contributed by atoms with van der Waals surface area (Å²) in [6, 6.07) is 16.7. The number of esters is 1. The molecule has 0 aliphatic heterocycles. The van der Waals surface area contributed by atoms with Gasteiger partial charge in [0.05, 0.1) is 10.5 Å². The normalized spacial score (nSPS) is 11.4. The maximum atomic E-state index is 12.9. The highest BCUT2D eigenvalue weighted by atomic mass is 16.6. The van der Waals surface area contributed by atoms with Crippen LogP contribution in [0.1, 0.15) is 32.4 Å². The maximum absolute atomic E-state index is 12.9. The first-order chi connectivity index (χ1) is 13.1. The van der Waals surface area contributed by atoms with E-state index in [4.69, 9.17) is 4.74 Å². The van der Waals surface area contributed by atoms with Crippen molar-refractivity contribution in [1.29, 1.82) is 0 Å². The fraction of sp³-hybridized carbons (Fsp3) is 0.0500. The first-order valence-electron chi connectivity index (χ1n) is 8.01. The zero-order chi connectivity index (χ0) is 19.2. The molecule has 0 saturated carbocycles. The van der Waals surface area contributed by atoms with Crippen LogP contribution < -0.4 is 0 Å². The van der Waals surface area contributed by atoms with Crippen molar-refractivity contribution in [3.05, 3.63) is 106 Å². The molecule has 0 saturated heterocycles. The molecule has 0 spiro atoms. The van der Waals surface area contributed by atoms with E-state index < -0.39 is 22.8 Å². The third kappa shape index (κ3) is 4.21. The largest absolute Gasteiger partial charge is 0.445 e. The molecule has 134 valence electrons. The van der Waals surface area contributed by atoms with Gasteiger partial charge in [0.2, 0.25) is 5.78 Å². The predicted molar refractivity (Wildman–Crippen MR) is 96.3 cm³/mol. The van der Waals surface area contributed by atoms with Crippen LogP contribution >= 0.6 is 0 Å². The number of hydrogen-bond donors (Lipinski definition) is 0. The van der Waals surface area contributed by atoms with E-state index in [-0.39, 0.29) is 11.3 Å². The lowest BCUT2D eigenvalue weighted by atomic mass is 9.99. The number of benzene rings is 2. The van der Waals surface area contributed by atoms with Crippen LogP contribution in [0.2, 0.25) is 0 Å². The van der Waals surface area contributed by atoms with E-state index >= 15 is 0 Å². The smallest absolute Gasteiger partial charge is 0.339 e. The maximum Gasteiger partial charge on any atom is 0.339 e. The highest BCUT2D eigenvalue weighted by Crippen LogP contribution is 2.26. The van der Waals surface area contributed by atoms with Crippen molar-refractivity contribution < 1.29 is 19.2 Å². The number of non-ortho nitro benzene ring substituents is 1. The SMILES string of the molecule is O=C(O[C@H](C(=O)c1ccccc1)c1ccc([N+](=O)[O-])cc1)c1ccncc1. The molecule has 3 aromatic rings. The van der Waals surface area contributed by atoms with Crippen LogP contribution in [0.15, 0.2) is 79.1 Å². The van der Waals surface area contributed by atoms with Crippen LogP contribution in [-0.2, 0) is 4.74 Å². The molecule has 1 atom stereocenters. The average molecular weight is 362 g/mol. The summed E-state index contributed by atoms with van der Waals surface area (Å²) in [6.45, 7) is 0. The van der Waals surface area contributed by atoms with Crippen LogP contribution in [0.5, 0.6) is 0 Å². The number of hydrogen-bond acceptors (Lipinski definition) is 6. The number of carbonyl (C=O) groups excluding carboxylic acids is 2. The fourth-order valence-electron chi connectivity index (χ4n) is 2.46. The summed E-state index contributed by atoms with van der Waals surface area (Å²) in [5.41, 5.74) is 0.836. The monoisotopic (exact) mass is 362 g/mol. The van der Waals surface area contributed by atoms with Gasteiger partial charge in [0.25, 0.3) is 5.69 Å². The summed E-state index contributed by atoms with van der Waals surface area (Å²) in [7, 11) is 0. The molecule has 0 aliphatic carbocycles. The predicted octanol–water partition coefficient (Wildman–Crippen LogP) is 3.77. The van der Waals surface area contributed by atoms with Gasteiger partial charge in [0, 0.05) is 35.7 Å². The van der Waals surface area contributed by atoms with E-state index in [1.807, 2.05) is 0 Å². The minimum atomic E-state index is -1.23. The Kier molecular flexibility index (Phi) is 5.32. The first kappa shape index (κ1) is 17.9. The molecule has 0 aliphatic rings.